The van der Waals surface area contributed by atoms with Gasteiger partial charge in [0, 0.05) is 22.7 Å². The molecule has 0 unspecified atom stereocenters. The maximum atomic E-state index is 14.4. The van der Waals surface area contributed by atoms with Crippen molar-refractivity contribution in [2.45, 2.75) is 18.9 Å². The molecule has 1 saturated heterocycles. The third-order valence-corrected chi connectivity index (χ3v) is 4.06. The number of methoxy groups -OCH3 is 1. The summed E-state index contributed by atoms with van der Waals surface area (Å²) in [5, 5.41) is 0.328. The van der Waals surface area contributed by atoms with Crippen LogP contribution in [0.1, 0.15) is 23.2 Å². The number of aromatic amines is 1. The van der Waals surface area contributed by atoms with E-state index in [1.165, 1.54) is 7.11 Å². The van der Waals surface area contributed by atoms with Crippen LogP contribution in [0.3, 0.4) is 0 Å². The maximum Gasteiger partial charge on any atom is 0.182 e. The van der Waals surface area contributed by atoms with Crippen LogP contribution in [0.2, 0.25) is 0 Å². The molecule has 0 aliphatic carbocycles. The molecule has 0 spiro atoms. The smallest absolute Gasteiger partial charge is 0.182 e. The Bertz CT molecular complexity index is 665. The standard InChI is InChI=1S/C15H17FN2O2/c1-18-7-3-4-11(18)15(19)9-8-17-10-5-6-12(20-2)14(16)13(9)10/h5-6,8,11,17H,3-4,7H2,1-2H3/t11-/m1/s1. The summed E-state index contributed by atoms with van der Waals surface area (Å²) in [5.41, 5.74) is 1.03. The van der Waals surface area contributed by atoms with E-state index in [2.05, 4.69) is 4.98 Å². The number of H-pyrrole nitrogens is 1. The number of Topliss-reactive ketones (excluding diaryl/α,β-unsaturated/α-hetero) is 1. The molecule has 0 saturated carbocycles. The third-order valence-electron chi connectivity index (χ3n) is 4.06. The normalized spacial score (nSPS) is 19.6. The van der Waals surface area contributed by atoms with E-state index < -0.39 is 5.82 Å². The van der Waals surface area contributed by atoms with Gasteiger partial charge in [-0.1, -0.05) is 0 Å². The van der Waals surface area contributed by atoms with E-state index in [9.17, 15) is 9.18 Å². The number of carbonyl (C=O) groups is 1. The lowest BCUT2D eigenvalue weighted by molar-refractivity contribution is 0.0892. The number of likely N-dealkylation sites (tertiary alicyclic amines) is 1. The van der Waals surface area contributed by atoms with Crippen molar-refractivity contribution in [3.8, 4) is 5.75 Å². The SMILES string of the molecule is COc1ccc2[nH]cc(C(=O)[C@H]3CCCN3C)c2c1F. The van der Waals surface area contributed by atoms with E-state index in [0.717, 1.165) is 19.4 Å². The summed E-state index contributed by atoms with van der Waals surface area (Å²) in [6.45, 7) is 0.907. The number of ether oxygens (including phenoxy) is 1. The molecule has 1 aliphatic rings. The number of fused-ring (bicyclic) bond motifs is 1. The lowest BCUT2D eigenvalue weighted by atomic mass is 10.0. The van der Waals surface area contributed by atoms with Crippen LogP contribution in [-0.4, -0.2) is 42.4 Å². The molecule has 2 aromatic rings. The van der Waals surface area contributed by atoms with Gasteiger partial charge in [-0.2, -0.15) is 0 Å². The van der Waals surface area contributed by atoms with Gasteiger partial charge in [-0.3, -0.25) is 9.69 Å². The molecule has 1 fully saturated rings. The molecule has 3 rings (SSSR count). The van der Waals surface area contributed by atoms with Crippen molar-refractivity contribution in [1.82, 2.24) is 9.88 Å². The first-order chi connectivity index (χ1) is 9.63. The molecule has 5 heteroatoms. The number of carbonyl (C=O) groups excluding carboxylic acids is 1. The number of aromatic nitrogens is 1. The average Bonchev–Trinajstić information content (AvgIpc) is 3.05. The molecular weight excluding hydrogens is 259 g/mol. The van der Waals surface area contributed by atoms with E-state index in [-0.39, 0.29) is 17.6 Å². The highest BCUT2D eigenvalue weighted by atomic mass is 19.1. The Labute approximate surface area is 116 Å². The van der Waals surface area contributed by atoms with Crippen molar-refractivity contribution in [2.24, 2.45) is 0 Å². The fourth-order valence-corrected chi connectivity index (χ4v) is 2.94. The first-order valence-electron chi connectivity index (χ1n) is 6.71. The molecule has 106 valence electrons. The van der Waals surface area contributed by atoms with Crippen LogP contribution in [-0.2, 0) is 0 Å². The van der Waals surface area contributed by atoms with Crippen molar-refractivity contribution in [1.29, 1.82) is 0 Å². The van der Waals surface area contributed by atoms with E-state index in [1.807, 2.05) is 11.9 Å². The zero-order chi connectivity index (χ0) is 14.3. The summed E-state index contributed by atoms with van der Waals surface area (Å²) in [6.07, 6.45) is 3.43. The summed E-state index contributed by atoms with van der Waals surface area (Å²) in [4.78, 5) is 17.6. The van der Waals surface area contributed by atoms with Gasteiger partial charge >= 0.3 is 0 Å². The molecular formula is C15H17FN2O2. The minimum atomic E-state index is -0.477. The number of benzene rings is 1. The highest BCUT2D eigenvalue weighted by Gasteiger charge is 2.31. The van der Waals surface area contributed by atoms with Crippen molar-refractivity contribution in [2.75, 3.05) is 20.7 Å². The third kappa shape index (κ3) is 1.89. The van der Waals surface area contributed by atoms with Crippen LogP contribution in [0.25, 0.3) is 10.9 Å². The van der Waals surface area contributed by atoms with Gasteiger partial charge in [-0.15, -0.1) is 0 Å². The van der Waals surface area contributed by atoms with Gasteiger partial charge in [0.2, 0.25) is 0 Å². The maximum absolute atomic E-state index is 14.4. The van der Waals surface area contributed by atoms with Crippen LogP contribution in [0.5, 0.6) is 5.75 Å². The minimum absolute atomic E-state index is 0.0246. The van der Waals surface area contributed by atoms with E-state index >= 15 is 0 Å². The number of halogens is 1. The van der Waals surface area contributed by atoms with Gasteiger partial charge in [0.15, 0.2) is 17.3 Å². The van der Waals surface area contributed by atoms with Gasteiger partial charge in [0.05, 0.1) is 13.2 Å². The van der Waals surface area contributed by atoms with Crippen molar-refractivity contribution in [3.05, 3.63) is 29.7 Å². The number of nitrogens with zero attached hydrogens (tertiary/aromatic N) is 1. The summed E-state index contributed by atoms with van der Waals surface area (Å²) in [6, 6.07) is 3.14. The van der Waals surface area contributed by atoms with Gasteiger partial charge < -0.3 is 9.72 Å². The monoisotopic (exact) mass is 276 g/mol. The Morgan fingerprint density at radius 3 is 2.95 bits per heavy atom. The molecule has 1 aromatic carbocycles. The second-order valence-electron chi connectivity index (χ2n) is 5.21. The zero-order valence-corrected chi connectivity index (χ0v) is 11.6. The highest BCUT2D eigenvalue weighted by molar-refractivity contribution is 6.10. The number of likely N-dealkylation sites (N-methyl/N-ethyl adjacent to an activating group) is 1. The summed E-state index contributed by atoms with van der Waals surface area (Å²) in [7, 11) is 3.35. The average molecular weight is 276 g/mol. The van der Waals surface area contributed by atoms with Crippen LogP contribution in [0, 0.1) is 5.82 Å². The molecule has 4 nitrogen and oxygen atoms in total. The molecule has 20 heavy (non-hydrogen) atoms. The summed E-state index contributed by atoms with van der Waals surface area (Å²) >= 11 is 0. The predicted octanol–water partition coefficient (Wildman–Crippen LogP) is 2.59. The zero-order valence-electron chi connectivity index (χ0n) is 11.6. The van der Waals surface area contributed by atoms with Crippen molar-refractivity contribution in [3.63, 3.8) is 0 Å². The van der Waals surface area contributed by atoms with Crippen molar-refractivity contribution < 1.29 is 13.9 Å². The lowest BCUT2D eigenvalue weighted by Crippen LogP contribution is -2.32. The van der Waals surface area contributed by atoms with Crippen LogP contribution in [0.15, 0.2) is 18.3 Å². The number of ketones is 1. The summed E-state index contributed by atoms with van der Waals surface area (Å²) in [5.74, 6) is -0.343. The number of hydrogen-bond donors (Lipinski definition) is 1. The number of rotatable bonds is 3. The van der Waals surface area contributed by atoms with Gasteiger partial charge in [0.25, 0.3) is 0 Å². The Morgan fingerprint density at radius 1 is 1.50 bits per heavy atom. The fourth-order valence-electron chi connectivity index (χ4n) is 2.94. The number of nitrogens with one attached hydrogen (secondary N) is 1. The van der Waals surface area contributed by atoms with Gasteiger partial charge in [-0.25, -0.2) is 4.39 Å². The second kappa shape index (κ2) is 4.90. The topological polar surface area (TPSA) is 45.3 Å². The minimum Gasteiger partial charge on any atom is -0.494 e. The second-order valence-corrected chi connectivity index (χ2v) is 5.21. The van der Waals surface area contributed by atoms with E-state index in [0.29, 0.717) is 16.5 Å². The van der Waals surface area contributed by atoms with Crippen LogP contribution in [0.4, 0.5) is 4.39 Å². The highest BCUT2D eigenvalue weighted by Crippen LogP contribution is 2.31. The molecule has 1 N–H and O–H groups in total. The molecule has 1 aromatic heterocycles. The molecule has 0 amide bonds. The lowest BCUT2D eigenvalue weighted by Gasteiger charge is -2.17. The first-order valence-corrected chi connectivity index (χ1v) is 6.71. The molecule has 2 heterocycles. The van der Waals surface area contributed by atoms with Gasteiger partial charge in [-0.05, 0) is 38.6 Å². The Morgan fingerprint density at radius 2 is 2.30 bits per heavy atom. The summed E-state index contributed by atoms with van der Waals surface area (Å²) < 4.78 is 19.4. The molecule has 1 atom stereocenters. The fraction of sp³-hybridized carbons (Fsp3) is 0.400. The van der Waals surface area contributed by atoms with Crippen LogP contribution < -0.4 is 4.74 Å². The number of hydrogen-bond acceptors (Lipinski definition) is 3. The van der Waals surface area contributed by atoms with Gasteiger partial charge in [0.1, 0.15) is 0 Å². The quantitative estimate of drug-likeness (QED) is 0.876. The molecule has 0 radical (unpaired) electrons. The van der Waals surface area contributed by atoms with Crippen molar-refractivity contribution >= 4 is 16.7 Å². The Balaban J connectivity index is 2.09. The Kier molecular flexibility index (Phi) is 3.22. The molecule has 0 bridgehead atoms. The predicted molar refractivity (Wildman–Crippen MR) is 74.8 cm³/mol. The first kappa shape index (κ1) is 13.1. The molecule has 1 aliphatic heterocycles. The largest absolute Gasteiger partial charge is 0.494 e. The van der Waals surface area contributed by atoms with E-state index in [1.54, 1.807) is 18.3 Å². The van der Waals surface area contributed by atoms with E-state index in [4.69, 9.17) is 4.74 Å². The van der Waals surface area contributed by atoms with Crippen LogP contribution >= 0.6 is 0 Å². The Hall–Kier alpha value is -1.88.